The molecule has 0 amide bonds. The standard InChI is InChI=1S/C12H19N5O/c1-8-9(2)15-11-6-10(7-18-3)16-17(11)12(8)14-5-4-13/h6,14H,4-5,7,13H2,1-3H3. The fourth-order valence-corrected chi connectivity index (χ4v) is 1.87. The lowest BCUT2D eigenvalue weighted by Crippen LogP contribution is -2.17. The highest BCUT2D eigenvalue weighted by Gasteiger charge is 2.11. The molecule has 6 nitrogen and oxygen atoms in total. The van der Waals surface area contributed by atoms with Crippen molar-refractivity contribution in [1.29, 1.82) is 0 Å². The maximum atomic E-state index is 5.53. The molecule has 2 aromatic rings. The molecule has 0 bridgehead atoms. The highest BCUT2D eigenvalue weighted by molar-refractivity contribution is 5.55. The van der Waals surface area contributed by atoms with Gasteiger partial charge in [0, 0.05) is 37.5 Å². The van der Waals surface area contributed by atoms with E-state index in [1.165, 1.54) is 0 Å². The van der Waals surface area contributed by atoms with Gasteiger partial charge in [-0.15, -0.1) is 0 Å². The minimum Gasteiger partial charge on any atom is -0.378 e. The van der Waals surface area contributed by atoms with Crippen molar-refractivity contribution >= 4 is 11.5 Å². The van der Waals surface area contributed by atoms with Gasteiger partial charge in [0.25, 0.3) is 0 Å². The molecule has 0 radical (unpaired) electrons. The van der Waals surface area contributed by atoms with Crippen molar-refractivity contribution in [3.8, 4) is 0 Å². The molecule has 0 aliphatic carbocycles. The second-order valence-corrected chi connectivity index (χ2v) is 4.22. The molecule has 0 aliphatic heterocycles. The Morgan fingerprint density at radius 2 is 2.22 bits per heavy atom. The van der Waals surface area contributed by atoms with Crippen LogP contribution in [0.3, 0.4) is 0 Å². The van der Waals surface area contributed by atoms with Gasteiger partial charge in [-0.05, 0) is 13.8 Å². The smallest absolute Gasteiger partial charge is 0.157 e. The molecule has 2 heterocycles. The molecule has 3 N–H and O–H groups in total. The Labute approximate surface area is 106 Å². The lowest BCUT2D eigenvalue weighted by molar-refractivity contribution is 0.181. The number of fused-ring (bicyclic) bond motifs is 1. The van der Waals surface area contributed by atoms with Crippen molar-refractivity contribution < 1.29 is 4.74 Å². The van der Waals surface area contributed by atoms with Crippen LogP contribution in [0.15, 0.2) is 6.07 Å². The normalized spacial score (nSPS) is 11.1. The van der Waals surface area contributed by atoms with Crippen molar-refractivity contribution in [2.24, 2.45) is 5.73 Å². The Kier molecular flexibility index (Phi) is 3.78. The number of methoxy groups -OCH3 is 1. The second-order valence-electron chi connectivity index (χ2n) is 4.22. The van der Waals surface area contributed by atoms with E-state index in [0.29, 0.717) is 19.7 Å². The molecule has 0 spiro atoms. The van der Waals surface area contributed by atoms with E-state index >= 15 is 0 Å². The Bertz CT molecular complexity index is 549. The van der Waals surface area contributed by atoms with Crippen LogP contribution in [-0.4, -0.2) is 34.8 Å². The molecule has 2 aromatic heterocycles. The molecule has 0 saturated heterocycles. The van der Waals surface area contributed by atoms with E-state index in [-0.39, 0.29) is 0 Å². The Hall–Kier alpha value is -1.66. The van der Waals surface area contributed by atoms with Gasteiger partial charge in [-0.3, -0.25) is 0 Å². The maximum absolute atomic E-state index is 5.53. The van der Waals surface area contributed by atoms with E-state index < -0.39 is 0 Å². The topological polar surface area (TPSA) is 77.5 Å². The predicted molar refractivity (Wildman–Crippen MR) is 70.7 cm³/mol. The molecular formula is C12H19N5O. The first-order valence-corrected chi connectivity index (χ1v) is 5.96. The quantitative estimate of drug-likeness (QED) is 0.822. The van der Waals surface area contributed by atoms with Crippen LogP contribution in [0.25, 0.3) is 5.65 Å². The van der Waals surface area contributed by atoms with Gasteiger partial charge in [-0.25, -0.2) is 4.98 Å². The van der Waals surface area contributed by atoms with E-state index in [4.69, 9.17) is 10.5 Å². The number of ether oxygens (including phenoxy) is 1. The van der Waals surface area contributed by atoms with E-state index in [1.54, 1.807) is 7.11 Å². The van der Waals surface area contributed by atoms with Crippen LogP contribution in [-0.2, 0) is 11.3 Å². The van der Waals surface area contributed by atoms with Crippen molar-refractivity contribution in [3.63, 3.8) is 0 Å². The molecule has 0 atom stereocenters. The van der Waals surface area contributed by atoms with Gasteiger partial charge in [0.15, 0.2) is 5.65 Å². The molecule has 0 fully saturated rings. The SMILES string of the molecule is COCc1cc2nc(C)c(C)c(NCCN)n2n1. The van der Waals surface area contributed by atoms with Gasteiger partial charge in [0.05, 0.1) is 12.3 Å². The molecule has 18 heavy (non-hydrogen) atoms. The highest BCUT2D eigenvalue weighted by Crippen LogP contribution is 2.19. The zero-order valence-corrected chi connectivity index (χ0v) is 11.0. The fraction of sp³-hybridized carbons (Fsp3) is 0.500. The van der Waals surface area contributed by atoms with Crippen LogP contribution in [0.4, 0.5) is 5.82 Å². The number of hydrogen-bond acceptors (Lipinski definition) is 5. The van der Waals surface area contributed by atoms with Gasteiger partial charge < -0.3 is 15.8 Å². The van der Waals surface area contributed by atoms with Gasteiger partial charge in [-0.2, -0.15) is 9.61 Å². The summed E-state index contributed by atoms with van der Waals surface area (Å²) in [4.78, 5) is 4.52. The number of aromatic nitrogens is 3. The van der Waals surface area contributed by atoms with Gasteiger partial charge in [0.1, 0.15) is 5.82 Å². The summed E-state index contributed by atoms with van der Waals surface area (Å²) in [7, 11) is 1.65. The zero-order valence-electron chi connectivity index (χ0n) is 11.0. The Morgan fingerprint density at radius 3 is 2.89 bits per heavy atom. The minimum absolute atomic E-state index is 0.484. The number of hydrogen-bond donors (Lipinski definition) is 2. The summed E-state index contributed by atoms with van der Waals surface area (Å²) in [6.07, 6.45) is 0. The molecule has 0 unspecified atom stereocenters. The fourth-order valence-electron chi connectivity index (χ4n) is 1.87. The molecule has 0 saturated carbocycles. The Balaban J connectivity index is 2.52. The Morgan fingerprint density at radius 1 is 1.44 bits per heavy atom. The predicted octanol–water partition coefficient (Wildman–Crippen LogP) is 0.863. The number of rotatable bonds is 5. The lowest BCUT2D eigenvalue weighted by Gasteiger charge is -2.12. The summed E-state index contributed by atoms with van der Waals surface area (Å²) in [6.45, 7) is 5.79. The maximum Gasteiger partial charge on any atom is 0.157 e. The van der Waals surface area contributed by atoms with Crippen molar-refractivity contribution in [3.05, 3.63) is 23.0 Å². The zero-order chi connectivity index (χ0) is 13.1. The van der Waals surface area contributed by atoms with Gasteiger partial charge >= 0.3 is 0 Å². The molecule has 0 aromatic carbocycles. The van der Waals surface area contributed by atoms with Crippen LogP contribution >= 0.6 is 0 Å². The second kappa shape index (κ2) is 5.32. The van der Waals surface area contributed by atoms with Crippen LogP contribution in [0.5, 0.6) is 0 Å². The van der Waals surface area contributed by atoms with E-state index in [0.717, 1.165) is 28.4 Å². The summed E-state index contributed by atoms with van der Waals surface area (Å²) in [5, 5.41) is 7.78. The van der Waals surface area contributed by atoms with Crippen molar-refractivity contribution in [2.45, 2.75) is 20.5 Å². The van der Waals surface area contributed by atoms with Crippen molar-refractivity contribution in [2.75, 3.05) is 25.5 Å². The number of nitrogens with zero attached hydrogens (tertiary/aromatic N) is 3. The van der Waals surface area contributed by atoms with Crippen LogP contribution in [0.2, 0.25) is 0 Å². The summed E-state index contributed by atoms with van der Waals surface area (Å²) >= 11 is 0. The third-order valence-electron chi connectivity index (χ3n) is 2.86. The van der Waals surface area contributed by atoms with Crippen LogP contribution in [0, 0.1) is 13.8 Å². The summed E-state index contributed by atoms with van der Waals surface area (Å²) in [5.41, 5.74) is 9.30. The summed E-state index contributed by atoms with van der Waals surface area (Å²) in [5.74, 6) is 0.949. The molecule has 0 aliphatic rings. The van der Waals surface area contributed by atoms with Crippen molar-refractivity contribution in [1.82, 2.24) is 14.6 Å². The van der Waals surface area contributed by atoms with E-state index in [1.807, 2.05) is 24.4 Å². The first-order valence-electron chi connectivity index (χ1n) is 5.96. The largest absolute Gasteiger partial charge is 0.378 e. The number of anilines is 1. The molecule has 6 heteroatoms. The molecule has 2 rings (SSSR count). The average Bonchev–Trinajstić information content (AvgIpc) is 2.72. The van der Waals surface area contributed by atoms with E-state index in [9.17, 15) is 0 Å². The van der Waals surface area contributed by atoms with Crippen LogP contribution in [0.1, 0.15) is 17.0 Å². The minimum atomic E-state index is 0.484. The summed E-state index contributed by atoms with van der Waals surface area (Å²) < 4.78 is 6.91. The van der Waals surface area contributed by atoms with E-state index in [2.05, 4.69) is 15.4 Å². The number of nitrogens with two attached hydrogens (primary N) is 1. The summed E-state index contributed by atoms with van der Waals surface area (Å²) in [6, 6.07) is 1.93. The molecular weight excluding hydrogens is 230 g/mol. The van der Waals surface area contributed by atoms with Gasteiger partial charge in [0.2, 0.25) is 0 Å². The number of aryl methyl sites for hydroxylation is 1. The highest BCUT2D eigenvalue weighted by atomic mass is 16.5. The first kappa shape index (κ1) is 12.8. The lowest BCUT2D eigenvalue weighted by atomic mass is 10.2. The van der Waals surface area contributed by atoms with Gasteiger partial charge in [-0.1, -0.05) is 0 Å². The average molecular weight is 249 g/mol. The molecule has 98 valence electrons. The number of nitrogens with one attached hydrogen (secondary N) is 1. The third-order valence-corrected chi connectivity index (χ3v) is 2.86. The van der Waals surface area contributed by atoms with Crippen LogP contribution < -0.4 is 11.1 Å². The monoisotopic (exact) mass is 249 g/mol. The first-order chi connectivity index (χ1) is 8.67. The third kappa shape index (κ3) is 2.30.